The average molecular weight is 384 g/mol. The second kappa shape index (κ2) is 14.8. The van der Waals surface area contributed by atoms with Crippen molar-refractivity contribution >= 4 is 24.8 Å². The van der Waals surface area contributed by atoms with Crippen LogP contribution in [-0.4, -0.2) is 0 Å². The van der Waals surface area contributed by atoms with Crippen LogP contribution in [0.2, 0.25) is 0 Å². The van der Waals surface area contributed by atoms with Crippen LogP contribution < -0.4 is 0 Å². The molecular formula is C10H12Cl2Ta. The molecule has 0 fully saturated rings. The van der Waals surface area contributed by atoms with Gasteiger partial charge in [-0.25, -0.2) is 24.3 Å². The monoisotopic (exact) mass is 383 g/mol. The summed E-state index contributed by atoms with van der Waals surface area (Å²) in [5, 5.41) is 0. The maximum Gasteiger partial charge on any atom is 2.00 e. The Morgan fingerprint density at radius 3 is 1.23 bits per heavy atom. The molecule has 1 radical (unpaired) electrons. The molecule has 13 heavy (non-hydrogen) atoms. The first-order valence-electron chi connectivity index (χ1n) is 3.43. The summed E-state index contributed by atoms with van der Waals surface area (Å²) in [6.07, 6.45) is 20.0. The van der Waals surface area contributed by atoms with Gasteiger partial charge in [-0.05, 0) is 0 Å². The van der Waals surface area contributed by atoms with Crippen LogP contribution in [0.15, 0.2) is 36.5 Å². The molecule has 0 aromatic carbocycles. The third-order valence-electron chi connectivity index (χ3n) is 1.17. The van der Waals surface area contributed by atoms with Gasteiger partial charge in [0.05, 0.1) is 0 Å². The van der Waals surface area contributed by atoms with Crippen LogP contribution >= 0.6 is 24.8 Å². The SMILES string of the molecule is Cl.Cl.[C-]1=CC=CC1.[C-]1=CC=CC1.[Ta+2]. The van der Waals surface area contributed by atoms with Gasteiger partial charge in [-0.15, -0.1) is 37.7 Å². The van der Waals surface area contributed by atoms with E-state index in [4.69, 9.17) is 0 Å². The Kier molecular flexibility index (Phi) is 21.6. The van der Waals surface area contributed by atoms with Crippen molar-refractivity contribution in [1.82, 2.24) is 0 Å². The molecule has 2 aliphatic rings. The van der Waals surface area contributed by atoms with Crippen molar-refractivity contribution in [2.75, 3.05) is 0 Å². The maximum atomic E-state index is 2.99. The Morgan fingerprint density at radius 1 is 0.769 bits per heavy atom. The molecule has 2 aliphatic carbocycles. The van der Waals surface area contributed by atoms with Gasteiger partial charge in [0.25, 0.3) is 0 Å². The first-order valence-corrected chi connectivity index (χ1v) is 3.43. The van der Waals surface area contributed by atoms with E-state index >= 15 is 0 Å². The van der Waals surface area contributed by atoms with Crippen molar-refractivity contribution in [2.45, 2.75) is 12.8 Å². The number of allylic oxidation sites excluding steroid dienone is 8. The first-order chi connectivity index (χ1) is 5.00. The Morgan fingerprint density at radius 2 is 1.15 bits per heavy atom. The summed E-state index contributed by atoms with van der Waals surface area (Å²) in [5.41, 5.74) is 0. The van der Waals surface area contributed by atoms with E-state index in [9.17, 15) is 0 Å². The van der Waals surface area contributed by atoms with Crippen molar-refractivity contribution in [3.8, 4) is 0 Å². The largest absolute Gasteiger partial charge is 2.00 e. The van der Waals surface area contributed by atoms with Gasteiger partial charge in [0, 0.05) is 0 Å². The van der Waals surface area contributed by atoms with Gasteiger partial charge in [-0.1, -0.05) is 0 Å². The molecule has 0 heterocycles. The predicted octanol–water partition coefficient (Wildman–Crippen LogP) is 3.45. The minimum absolute atomic E-state index is 0. The van der Waals surface area contributed by atoms with Crippen LogP contribution in [0, 0.1) is 12.2 Å². The van der Waals surface area contributed by atoms with E-state index in [0.29, 0.717) is 0 Å². The average Bonchev–Trinajstić information content (AvgIpc) is 2.67. The second-order valence-electron chi connectivity index (χ2n) is 2.01. The first kappa shape index (κ1) is 19.0. The Hall–Kier alpha value is 0.280. The fraction of sp³-hybridized carbons (Fsp3) is 0.200. The molecular weight excluding hydrogens is 372 g/mol. The van der Waals surface area contributed by atoms with Crippen molar-refractivity contribution < 1.29 is 22.4 Å². The van der Waals surface area contributed by atoms with Crippen LogP contribution in [0.4, 0.5) is 0 Å². The van der Waals surface area contributed by atoms with E-state index in [2.05, 4.69) is 24.3 Å². The standard InChI is InChI=1S/2C5H5.2ClH.Ta/c2*1-2-4-5-3-1;;;/h2*1-3H,4H2;2*1H;/q2*-1;;;+2. The molecule has 3 heteroatoms. The smallest absolute Gasteiger partial charge is 0.273 e. The van der Waals surface area contributed by atoms with E-state index in [1.54, 1.807) is 0 Å². The molecule has 0 aliphatic heterocycles. The van der Waals surface area contributed by atoms with Crippen LogP contribution in [0.3, 0.4) is 0 Å². The van der Waals surface area contributed by atoms with Crippen molar-refractivity contribution in [2.24, 2.45) is 0 Å². The van der Waals surface area contributed by atoms with Crippen LogP contribution in [0.5, 0.6) is 0 Å². The summed E-state index contributed by atoms with van der Waals surface area (Å²) in [7, 11) is 0. The zero-order valence-electron chi connectivity index (χ0n) is 7.14. The van der Waals surface area contributed by atoms with E-state index in [1.807, 2.05) is 24.3 Å². The molecule has 71 valence electrons. The molecule has 2 rings (SSSR count). The van der Waals surface area contributed by atoms with E-state index < -0.39 is 0 Å². The van der Waals surface area contributed by atoms with Gasteiger partial charge in [-0.3, -0.25) is 12.2 Å². The Bertz CT molecular complexity index is 151. The molecule has 0 N–H and O–H groups in total. The summed E-state index contributed by atoms with van der Waals surface area (Å²) in [4.78, 5) is 0. The van der Waals surface area contributed by atoms with Gasteiger partial charge in [0.1, 0.15) is 0 Å². The Labute approximate surface area is 108 Å². The van der Waals surface area contributed by atoms with Gasteiger partial charge in [-0.2, -0.15) is 12.2 Å². The second-order valence-corrected chi connectivity index (χ2v) is 2.01. The van der Waals surface area contributed by atoms with Crippen molar-refractivity contribution in [3.63, 3.8) is 0 Å². The van der Waals surface area contributed by atoms with Gasteiger partial charge in [0.15, 0.2) is 0 Å². The molecule has 0 amide bonds. The summed E-state index contributed by atoms with van der Waals surface area (Å²) in [6.45, 7) is 0. The maximum absolute atomic E-state index is 2.99. The van der Waals surface area contributed by atoms with Crippen LogP contribution in [-0.2, 0) is 22.4 Å². The minimum Gasteiger partial charge on any atom is -0.273 e. The number of hydrogen-bond acceptors (Lipinski definition) is 0. The molecule has 0 atom stereocenters. The molecule has 0 aromatic heterocycles. The van der Waals surface area contributed by atoms with Crippen LogP contribution in [0.25, 0.3) is 0 Å². The summed E-state index contributed by atoms with van der Waals surface area (Å²) < 4.78 is 0. The summed E-state index contributed by atoms with van der Waals surface area (Å²) in [5.74, 6) is 0. The normalized spacial score (nSPS) is 13.5. The topological polar surface area (TPSA) is 0 Å². The number of rotatable bonds is 0. The zero-order valence-corrected chi connectivity index (χ0v) is 12.0. The number of hydrogen-bond donors (Lipinski definition) is 0. The van der Waals surface area contributed by atoms with E-state index in [1.165, 1.54) is 0 Å². The Balaban J connectivity index is -0.000000125. The molecule has 0 bridgehead atoms. The van der Waals surface area contributed by atoms with Gasteiger partial charge < -0.3 is 0 Å². The fourth-order valence-corrected chi connectivity index (χ4v) is 0.680. The number of halogens is 2. The van der Waals surface area contributed by atoms with Crippen molar-refractivity contribution in [1.29, 1.82) is 0 Å². The molecule has 0 unspecified atom stereocenters. The minimum atomic E-state index is 0. The van der Waals surface area contributed by atoms with Crippen LogP contribution in [0.1, 0.15) is 12.8 Å². The third-order valence-corrected chi connectivity index (χ3v) is 1.17. The predicted molar refractivity (Wildman–Crippen MR) is 57.6 cm³/mol. The third kappa shape index (κ3) is 12.3. The molecule has 0 saturated heterocycles. The van der Waals surface area contributed by atoms with E-state index in [0.717, 1.165) is 12.8 Å². The molecule has 0 nitrogen and oxygen atoms in total. The summed E-state index contributed by atoms with van der Waals surface area (Å²) >= 11 is 0. The molecule has 0 spiro atoms. The molecule has 0 aromatic rings. The van der Waals surface area contributed by atoms with Crippen molar-refractivity contribution in [3.05, 3.63) is 48.6 Å². The van der Waals surface area contributed by atoms with Gasteiger partial charge in [0.2, 0.25) is 0 Å². The molecule has 0 saturated carbocycles. The fourth-order valence-electron chi connectivity index (χ4n) is 0.680. The summed E-state index contributed by atoms with van der Waals surface area (Å²) in [6, 6.07) is 0. The zero-order chi connectivity index (χ0) is 7.07. The van der Waals surface area contributed by atoms with Gasteiger partial charge >= 0.3 is 22.4 Å². The quantitative estimate of drug-likeness (QED) is 0.562. The van der Waals surface area contributed by atoms with E-state index in [-0.39, 0.29) is 47.2 Å².